The molecule has 0 bridgehead atoms. The first-order valence-electron chi connectivity index (χ1n) is 5.72. The van der Waals surface area contributed by atoms with Crippen molar-refractivity contribution in [3.8, 4) is 0 Å². The number of aromatic nitrogens is 1. The quantitative estimate of drug-likeness (QED) is 0.829. The molecule has 1 amide bonds. The molecule has 5 nitrogen and oxygen atoms in total. The van der Waals surface area contributed by atoms with Crippen molar-refractivity contribution in [1.29, 1.82) is 0 Å². The van der Waals surface area contributed by atoms with Crippen LogP contribution in [-0.2, 0) is 20.9 Å². The van der Waals surface area contributed by atoms with Crippen LogP contribution in [0.5, 0.6) is 0 Å². The predicted octanol–water partition coefficient (Wildman–Crippen LogP) is 1.88. The largest absolute Gasteiger partial charge is 0.460 e. The minimum absolute atomic E-state index is 0.0974. The van der Waals surface area contributed by atoms with E-state index in [1.807, 2.05) is 5.38 Å². The molecular formula is C12H18N2O3S. The van der Waals surface area contributed by atoms with Crippen LogP contribution in [0.15, 0.2) is 10.9 Å². The Morgan fingerprint density at radius 1 is 1.39 bits per heavy atom. The van der Waals surface area contributed by atoms with E-state index in [0.29, 0.717) is 6.54 Å². The van der Waals surface area contributed by atoms with Gasteiger partial charge in [-0.15, -0.1) is 11.3 Å². The monoisotopic (exact) mass is 270 g/mol. The average molecular weight is 270 g/mol. The second-order valence-electron chi connectivity index (χ2n) is 4.84. The lowest BCUT2D eigenvalue weighted by Crippen LogP contribution is -2.27. The van der Waals surface area contributed by atoms with Crippen molar-refractivity contribution in [2.75, 3.05) is 0 Å². The first-order valence-corrected chi connectivity index (χ1v) is 6.67. The third-order valence-electron chi connectivity index (χ3n) is 1.93. The van der Waals surface area contributed by atoms with Gasteiger partial charge in [-0.2, -0.15) is 0 Å². The van der Waals surface area contributed by atoms with E-state index in [2.05, 4.69) is 10.3 Å². The summed E-state index contributed by atoms with van der Waals surface area (Å²) in [6.07, 6.45) is 0.235. The molecular weight excluding hydrogens is 252 g/mol. The van der Waals surface area contributed by atoms with E-state index in [-0.39, 0.29) is 24.7 Å². The van der Waals surface area contributed by atoms with Gasteiger partial charge in [0, 0.05) is 11.8 Å². The Hall–Kier alpha value is -1.43. The summed E-state index contributed by atoms with van der Waals surface area (Å²) >= 11 is 1.48. The summed E-state index contributed by atoms with van der Waals surface area (Å²) in [6, 6.07) is 0. The highest BCUT2D eigenvalue weighted by atomic mass is 32.1. The van der Waals surface area contributed by atoms with Gasteiger partial charge in [0.1, 0.15) is 5.60 Å². The number of carbonyl (C=O) groups excluding carboxylic acids is 2. The van der Waals surface area contributed by atoms with Gasteiger partial charge in [-0.3, -0.25) is 9.59 Å². The van der Waals surface area contributed by atoms with Crippen LogP contribution in [0.25, 0.3) is 0 Å². The van der Waals surface area contributed by atoms with Crippen molar-refractivity contribution >= 4 is 23.2 Å². The van der Waals surface area contributed by atoms with Crippen LogP contribution >= 0.6 is 11.3 Å². The SMILES string of the molecule is CC(C)(C)OC(=O)CCC(=O)NCc1cscn1. The molecule has 18 heavy (non-hydrogen) atoms. The molecule has 1 heterocycles. The lowest BCUT2D eigenvalue weighted by molar-refractivity contribution is -0.155. The maximum Gasteiger partial charge on any atom is 0.306 e. The molecule has 0 atom stereocenters. The summed E-state index contributed by atoms with van der Waals surface area (Å²) in [5.74, 6) is -0.528. The number of ether oxygens (including phenoxy) is 1. The summed E-state index contributed by atoms with van der Waals surface area (Å²) in [5, 5.41) is 4.57. The molecule has 6 heteroatoms. The molecule has 0 saturated carbocycles. The van der Waals surface area contributed by atoms with Gasteiger partial charge < -0.3 is 10.1 Å². The number of hydrogen-bond acceptors (Lipinski definition) is 5. The van der Waals surface area contributed by atoms with E-state index in [9.17, 15) is 9.59 Å². The molecule has 1 N–H and O–H groups in total. The van der Waals surface area contributed by atoms with Crippen LogP contribution in [0.3, 0.4) is 0 Å². The second-order valence-corrected chi connectivity index (χ2v) is 5.56. The van der Waals surface area contributed by atoms with Crippen molar-refractivity contribution in [2.45, 2.75) is 45.8 Å². The first kappa shape index (κ1) is 14.6. The second kappa shape index (κ2) is 6.49. The van der Waals surface area contributed by atoms with Crippen molar-refractivity contribution in [3.05, 3.63) is 16.6 Å². The van der Waals surface area contributed by atoms with E-state index in [1.165, 1.54) is 11.3 Å². The zero-order chi connectivity index (χ0) is 13.6. The molecule has 0 aromatic carbocycles. The normalized spacial score (nSPS) is 11.1. The lowest BCUT2D eigenvalue weighted by Gasteiger charge is -2.19. The minimum atomic E-state index is -0.506. The molecule has 0 aliphatic rings. The summed E-state index contributed by atoms with van der Waals surface area (Å²) in [6.45, 7) is 5.80. The standard InChI is InChI=1S/C12H18N2O3S/c1-12(2,3)17-11(16)5-4-10(15)13-6-9-7-18-8-14-9/h7-8H,4-6H2,1-3H3,(H,13,15). The fourth-order valence-corrected chi connectivity index (χ4v) is 1.77. The molecule has 0 spiro atoms. The molecule has 0 radical (unpaired) electrons. The molecule has 100 valence electrons. The van der Waals surface area contributed by atoms with Gasteiger partial charge in [0.2, 0.25) is 5.91 Å². The van der Waals surface area contributed by atoms with Crippen LogP contribution in [-0.4, -0.2) is 22.5 Å². The van der Waals surface area contributed by atoms with Crippen LogP contribution in [0.2, 0.25) is 0 Å². The molecule has 0 unspecified atom stereocenters. The van der Waals surface area contributed by atoms with Gasteiger partial charge >= 0.3 is 5.97 Å². The maximum atomic E-state index is 11.5. The third-order valence-corrected chi connectivity index (χ3v) is 2.56. The Bertz CT molecular complexity index is 396. The Balaban J connectivity index is 2.19. The molecule has 0 aliphatic heterocycles. The van der Waals surface area contributed by atoms with Crippen molar-refractivity contribution in [1.82, 2.24) is 10.3 Å². The number of nitrogens with zero attached hydrogens (tertiary/aromatic N) is 1. The first-order chi connectivity index (χ1) is 8.37. The highest BCUT2D eigenvalue weighted by molar-refractivity contribution is 7.07. The predicted molar refractivity (Wildman–Crippen MR) is 69.0 cm³/mol. The number of esters is 1. The Morgan fingerprint density at radius 3 is 2.67 bits per heavy atom. The van der Waals surface area contributed by atoms with Crippen LogP contribution < -0.4 is 5.32 Å². The van der Waals surface area contributed by atoms with Crippen LogP contribution in [0, 0.1) is 0 Å². The number of amides is 1. The summed E-state index contributed by atoms with van der Waals surface area (Å²) in [4.78, 5) is 26.9. The molecule has 1 rings (SSSR count). The third kappa shape index (κ3) is 6.34. The fraction of sp³-hybridized carbons (Fsp3) is 0.583. The van der Waals surface area contributed by atoms with Crippen LogP contribution in [0.1, 0.15) is 39.3 Å². The highest BCUT2D eigenvalue weighted by Gasteiger charge is 2.16. The topological polar surface area (TPSA) is 68.3 Å². The van der Waals surface area contributed by atoms with Crippen molar-refractivity contribution in [3.63, 3.8) is 0 Å². The van der Waals surface area contributed by atoms with E-state index in [0.717, 1.165) is 5.69 Å². The lowest BCUT2D eigenvalue weighted by atomic mass is 10.2. The molecule has 1 aromatic heterocycles. The van der Waals surface area contributed by atoms with E-state index < -0.39 is 5.60 Å². The van der Waals surface area contributed by atoms with E-state index in [1.54, 1.807) is 26.3 Å². The Kier molecular flexibility index (Phi) is 5.27. The van der Waals surface area contributed by atoms with E-state index in [4.69, 9.17) is 4.74 Å². The van der Waals surface area contributed by atoms with Gasteiger partial charge in [0.05, 0.1) is 24.2 Å². The average Bonchev–Trinajstić information content (AvgIpc) is 2.74. The van der Waals surface area contributed by atoms with Gasteiger partial charge in [0.25, 0.3) is 0 Å². The number of nitrogens with one attached hydrogen (secondary N) is 1. The van der Waals surface area contributed by atoms with Crippen LogP contribution in [0.4, 0.5) is 0 Å². The number of thiazole rings is 1. The smallest absolute Gasteiger partial charge is 0.306 e. The van der Waals surface area contributed by atoms with E-state index >= 15 is 0 Å². The Labute approximate surface area is 111 Å². The zero-order valence-electron chi connectivity index (χ0n) is 10.9. The van der Waals surface area contributed by atoms with Gasteiger partial charge in [-0.25, -0.2) is 4.98 Å². The summed E-state index contributed by atoms with van der Waals surface area (Å²) in [5.41, 5.74) is 2.03. The maximum absolute atomic E-state index is 11.5. The molecule has 0 saturated heterocycles. The molecule has 1 aromatic rings. The molecule has 0 fully saturated rings. The van der Waals surface area contributed by atoms with Gasteiger partial charge in [-0.05, 0) is 20.8 Å². The molecule has 0 aliphatic carbocycles. The van der Waals surface area contributed by atoms with Gasteiger partial charge in [-0.1, -0.05) is 0 Å². The van der Waals surface area contributed by atoms with Gasteiger partial charge in [0.15, 0.2) is 0 Å². The zero-order valence-corrected chi connectivity index (χ0v) is 11.7. The summed E-state index contributed by atoms with van der Waals surface area (Å²) in [7, 11) is 0. The Morgan fingerprint density at radius 2 is 2.11 bits per heavy atom. The number of rotatable bonds is 5. The highest BCUT2D eigenvalue weighted by Crippen LogP contribution is 2.09. The summed E-state index contributed by atoms with van der Waals surface area (Å²) < 4.78 is 5.11. The number of hydrogen-bond donors (Lipinski definition) is 1. The minimum Gasteiger partial charge on any atom is -0.460 e. The number of carbonyl (C=O) groups is 2. The van der Waals surface area contributed by atoms with Crippen molar-refractivity contribution < 1.29 is 14.3 Å². The fourth-order valence-electron chi connectivity index (χ4n) is 1.21. The van der Waals surface area contributed by atoms with Crippen molar-refractivity contribution in [2.24, 2.45) is 0 Å².